The zero-order valence-electron chi connectivity index (χ0n) is 15.1. The number of nitrogens with one attached hydrogen (secondary N) is 2. The minimum absolute atomic E-state index is 0.0621. The molecule has 0 fully saturated rings. The largest absolute Gasteiger partial charge is 0.366 e. The van der Waals surface area contributed by atoms with Gasteiger partial charge in [-0.25, -0.2) is 18.1 Å². The molecule has 0 amide bonds. The number of aryl methyl sites for hydroxylation is 1. The van der Waals surface area contributed by atoms with Crippen LogP contribution in [0, 0.1) is 17.0 Å². The molecule has 1 heterocycles. The molecule has 0 radical (unpaired) electrons. The third kappa shape index (κ3) is 4.99. The van der Waals surface area contributed by atoms with E-state index in [1.807, 2.05) is 0 Å². The van der Waals surface area contributed by atoms with Gasteiger partial charge in [-0.1, -0.05) is 18.2 Å². The Kier molecular flexibility index (Phi) is 5.62. The van der Waals surface area contributed by atoms with Gasteiger partial charge < -0.3 is 5.32 Å². The van der Waals surface area contributed by atoms with Gasteiger partial charge in [-0.3, -0.25) is 10.1 Å². The van der Waals surface area contributed by atoms with Crippen LogP contribution in [0.1, 0.15) is 31.9 Å². The predicted octanol–water partition coefficient (Wildman–Crippen LogP) is 2.99. The number of aromatic nitrogens is 1. The van der Waals surface area contributed by atoms with Crippen LogP contribution in [0.25, 0.3) is 0 Å². The molecule has 0 bridgehead atoms. The number of pyridine rings is 1. The van der Waals surface area contributed by atoms with Gasteiger partial charge in [0.15, 0.2) is 0 Å². The highest BCUT2D eigenvalue weighted by Crippen LogP contribution is 2.21. The van der Waals surface area contributed by atoms with Crippen molar-refractivity contribution >= 4 is 21.5 Å². The fourth-order valence-electron chi connectivity index (χ4n) is 2.39. The molecule has 2 aromatic rings. The minimum atomic E-state index is -3.68. The van der Waals surface area contributed by atoms with Crippen LogP contribution in [0.4, 0.5) is 11.5 Å². The van der Waals surface area contributed by atoms with E-state index < -0.39 is 20.5 Å². The molecule has 9 heteroatoms. The van der Waals surface area contributed by atoms with Crippen molar-refractivity contribution in [2.45, 2.75) is 44.7 Å². The minimum Gasteiger partial charge on any atom is -0.366 e. The summed E-state index contributed by atoms with van der Waals surface area (Å²) in [5.41, 5.74) is 0.383. The van der Waals surface area contributed by atoms with E-state index in [0.29, 0.717) is 16.9 Å². The molecule has 140 valence electrons. The van der Waals surface area contributed by atoms with Crippen LogP contribution in [0.3, 0.4) is 0 Å². The van der Waals surface area contributed by atoms with Gasteiger partial charge in [0.05, 0.1) is 9.82 Å². The summed E-state index contributed by atoms with van der Waals surface area (Å²) >= 11 is 0. The van der Waals surface area contributed by atoms with E-state index in [1.165, 1.54) is 6.20 Å². The monoisotopic (exact) mass is 378 g/mol. The Labute approximate surface area is 152 Å². The maximum atomic E-state index is 12.6. The SMILES string of the molecule is Cc1cc(NCc2ccccc2S(=O)(=O)NC(C)(C)C)ncc1[N+](=O)[O-]. The Bertz CT molecular complexity index is 921. The van der Waals surface area contributed by atoms with Crippen LogP contribution < -0.4 is 10.0 Å². The first-order valence-electron chi connectivity index (χ1n) is 7.96. The van der Waals surface area contributed by atoms with Crippen molar-refractivity contribution in [3.05, 3.63) is 57.8 Å². The molecule has 0 aliphatic carbocycles. The van der Waals surface area contributed by atoms with E-state index in [2.05, 4.69) is 15.0 Å². The van der Waals surface area contributed by atoms with Gasteiger partial charge in [-0.15, -0.1) is 0 Å². The molecule has 0 spiro atoms. The van der Waals surface area contributed by atoms with Crippen molar-refractivity contribution in [3.8, 4) is 0 Å². The summed E-state index contributed by atoms with van der Waals surface area (Å²) in [6.45, 7) is 7.15. The standard InChI is InChI=1S/C17H22N4O4S/c1-12-9-16(19-11-14(12)21(22)23)18-10-13-7-5-6-8-15(13)26(24,25)20-17(2,3)4/h5-9,11,20H,10H2,1-4H3,(H,18,19). The van der Waals surface area contributed by atoms with Gasteiger partial charge in [0.25, 0.3) is 5.69 Å². The first-order chi connectivity index (χ1) is 12.0. The smallest absolute Gasteiger partial charge is 0.290 e. The molecule has 0 atom stereocenters. The van der Waals surface area contributed by atoms with Gasteiger partial charge >= 0.3 is 0 Å². The van der Waals surface area contributed by atoms with Crippen molar-refractivity contribution in [1.82, 2.24) is 9.71 Å². The van der Waals surface area contributed by atoms with Crippen LogP contribution in [0.5, 0.6) is 0 Å². The lowest BCUT2D eigenvalue weighted by molar-refractivity contribution is -0.385. The molecule has 2 N–H and O–H groups in total. The average Bonchev–Trinajstić information content (AvgIpc) is 2.50. The summed E-state index contributed by atoms with van der Waals surface area (Å²) in [4.78, 5) is 14.5. The van der Waals surface area contributed by atoms with Crippen LogP contribution >= 0.6 is 0 Å². The number of nitrogens with zero attached hydrogens (tertiary/aromatic N) is 2. The van der Waals surface area contributed by atoms with Crippen molar-refractivity contribution in [1.29, 1.82) is 0 Å². The first-order valence-corrected chi connectivity index (χ1v) is 9.45. The van der Waals surface area contributed by atoms with Gasteiger partial charge in [0.2, 0.25) is 10.0 Å². The lowest BCUT2D eigenvalue weighted by Crippen LogP contribution is -2.40. The van der Waals surface area contributed by atoms with Crippen molar-refractivity contribution in [3.63, 3.8) is 0 Å². The average molecular weight is 378 g/mol. The molecule has 8 nitrogen and oxygen atoms in total. The Morgan fingerprint density at radius 2 is 1.88 bits per heavy atom. The molecule has 0 saturated carbocycles. The molecule has 0 aliphatic rings. The van der Waals surface area contributed by atoms with Crippen molar-refractivity contribution in [2.75, 3.05) is 5.32 Å². The molecule has 1 aromatic heterocycles. The lowest BCUT2D eigenvalue weighted by Gasteiger charge is -2.21. The quantitative estimate of drug-likeness (QED) is 0.590. The molecule has 0 unspecified atom stereocenters. The van der Waals surface area contributed by atoms with E-state index in [-0.39, 0.29) is 17.1 Å². The van der Waals surface area contributed by atoms with Crippen LogP contribution in [0.2, 0.25) is 0 Å². The lowest BCUT2D eigenvalue weighted by atomic mass is 10.1. The van der Waals surface area contributed by atoms with Gasteiger partial charge in [0.1, 0.15) is 12.0 Å². The number of benzene rings is 1. The van der Waals surface area contributed by atoms with Crippen LogP contribution in [-0.2, 0) is 16.6 Å². The Balaban J connectivity index is 2.24. The summed E-state index contributed by atoms with van der Waals surface area (Å²) in [6.07, 6.45) is 1.18. The first kappa shape index (κ1) is 19.8. The van der Waals surface area contributed by atoms with Crippen molar-refractivity contribution in [2.24, 2.45) is 0 Å². The second-order valence-corrected chi connectivity index (χ2v) is 8.58. The number of hydrogen-bond acceptors (Lipinski definition) is 6. The maximum absolute atomic E-state index is 12.6. The van der Waals surface area contributed by atoms with Crippen LogP contribution in [-0.4, -0.2) is 23.9 Å². The molecule has 0 aliphatic heterocycles. The van der Waals surface area contributed by atoms with E-state index >= 15 is 0 Å². The van der Waals surface area contributed by atoms with E-state index in [0.717, 1.165) is 0 Å². The highest BCUT2D eigenvalue weighted by Gasteiger charge is 2.24. The fraction of sp³-hybridized carbons (Fsp3) is 0.353. The zero-order chi connectivity index (χ0) is 19.5. The summed E-state index contributed by atoms with van der Waals surface area (Å²) in [5, 5.41) is 13.9. The van der Waals surface area contributed by atoms with E-state index in [4.69, 9.17) is 0 Å². The number of nitro groups is 1. The maximum Gasteiger partial charge on any atom is 0.290 e. The predicted molar refractivity (Wildman–Crippen MR) is 99.5 cm³/mol. The number of rotatable bonds is 6. The zero-order valence-corrected chi connectivity index (χ0v) is 15.9. The Hall–Kier alpha value is -2.52. The Morgan fingerprint density at radius 3 is 2.46 bits per heavy atom. The molecule has 26 heavy (non-hydrogen) atoms. The van der Waals surface area contributed by atoms with Gasteiger partial charge in [-0.2, -0.15) is 0 Å². The summed E-state index contributed by atoms with van der Waals surface area (Å²) in [7, 11) is -3.68. The third-order valence-corrected chi connectivity index (χ3v) is 5.30. The topological polar surface area (TPSA) is 114 Å². The summed E-state index contributed by atoms with van der Waals surface area (Å²) in [5.74, 6) is 0.434. The highest BCUT2D eigenvalue weighted by molar-refractivity contribution is 7.89. The molecule has 2 rings (SSSR count). The number of hydrogen-bond donors (Lipinski definition) is 2. The molecular weight excluding hydrogens is 356 g/mol. The van der Waals surface area contributed by atoms with Crippen molar-refractivity contribution < 1.29 is 13.3 Å². The van der Waals surface area contributed by atoms with Gasteiger partial charge in [-0.05, 0) is 45.4 Å². The molecular formula is C17H22N4O4S. The van der Waals surface area contributed by atoms with Gasteiger partial charge in [0, 0.05) is 17.6 Å². The highest BCUT2D eigenvalue weighted by atomic mass is 32.2. The fourth-order valence-corrected chi connectivity index (χ4v) is 4.05. The third-order valence-electron chi connectivity index (χ3n) is 3.44. The van der Waals surface area contributed by atoms with Crippen LogP contribution in [0.15, 0.2) is 41.4 Å². The number of sulfonamides is 1. The molecule has 0 saturated heterocycles. The van der Waals surface area contributed by atoms with E-state index in [9.17, 15) is 18.5 Å². The Morgan fingerprint density at radius 1 is 1.23 bits per heavy atom. The summed E-state index contributed by atoms with van der Waals surface area (Å²) in [6, 6.07) is 8.22. The summed E-state index contributed by atoms with van der Waals surface area (Å²) < 4.78 is 27.9. The number of anilines is 1. The normalized spacial score (nSPS) is 12.0. The molecule has 1 aromatic carbocycles. The second kappa shape index (κ2) is 7.38. The van der Waals surface area contributed by atoms with E-state index in [1.54, 1.807) is 58.0 Å². The second-order valence-electron chi connectivity index (χ2n) is 6.93.